The van der Waals surface area contributed by atoms with Crippen LogP contribution >= 0.6 is 23.2 Å². The largest absolute Gasteiger partial charge is 0.274 e. The van der Waals surface area contributed by atoms with Crippen LogP contribution in [0.3, 0.4) is 0 Å². The molecule has 0 unspecified atom stereocenters. The number of hydrogen-bond acceptors (Lipinski definition) is 5. The van der Waals surface area contributed by atoms with Crippen LogP contribution in [0.5, 0.6) is 0 Å². The van der Waals surface area contributed by atoms with E-state index in [-0.39, 0.29) is 20.9 Å². The Bertz CT molecular complexity index is 664. The van der Waals surface area contributed by atoms with Crippen molar-refractivity contribution in [3.63, 3.8) is 0 Å². The SMILES string of the molecule is Cn1cc(S(=O)(=O)Nc2c(Cl)ncnc2Cl)cn1. The Morgan fingerprint density at radius 2 is 1.89 bits per heavy atom. The first-order chi connectivity index (χ1) is 8.40. The van der Waals surface area contributed by atoms with Gasteiger partial charge in [-0.25, -0.2) is 18.4 Å². The number of nitrogens with zero attached hydrogens (tertiary/aromatic N) is 4. The van der Waals surface area contributed by atoms with Gasteiger partial charge in [-0.05, 0) is 0 Å². The van der Waals surface area contributed by atoms with Crippen molar-refractivity contribution in [1.82, 2.24) is 19.7 Å². The molecule has 7 nitrogen and oxygen atoms in total. The lowest BCUT2D eigenvalue weighted by atomic mass is 10.6. The molecule has 0 atom stereocenters. The molecule has 0 saturated carbocycles. The average Bonchev–Trinajstić information content (AvgIpc) is 2.71. The first kappa shape index (κ1) is 13.1. The monoisotopic (exact) mass is 307 g/mol. The van der Waals surface area contributed by atoms with E-state index in [9.17, 15) is 8.42 Å². The normalized spacial score (nSPS) is 11.5. The molecule has 2 aromatic rings. The lowest BCUT2D eigenvalue weighted by Crippen LogP contribution is -2.13. The third-order valence-corrected chi connectivity index (χ3v) is 3.86. The van der Waals surface area contributed by atoms with Crippen molar-refractivity contribution < 1.29 is 8.42 Å². The van der Waals surface area contributed by atoms with Crippen molar-refractivity contribution in [1.29, 1.82) is 0 Å². The zero-order valence-electron chi connectivity index (χ0n) is 9.00. The number of halogens is 2. The highest BCUT2D eigenvalue weighted by Crippen LogP contribution is 2.28. The van der Waals surface area contributed by atoms with Crippen LogP contribution in [0.2, 0.25) is 10.3 Å². The fourth-order valence-corrected chi connectivity index (χ4v) is 2.74. The van der Waals surface area contributed by atoms with Crippen LogP contribution < -0.4 is 4.72 Å². The topological polar surface area (TPSA) is 89.8 Å². The molecule has 2 rings (SSSR count). The van der Waals surface area contributed by atoms with Gasteiger partial charge in [-0.2, -0.15) is 5.10 Å². The fraction of sp³-hybridized carbons (Fsp3) is 0.125. The minimum atomic E-state index is -3.82. The molecule has 0 aliphatic heterocycles. The van der Waals surface area contributed by atoms with E-state index in [4.69, 9.17) is 23.2 Å². The number of aryl methyl sites for hydroxylation is 1. The lowest BCUT2D eigenvalue weighted by Gasteiger charge is -2.07. The molecule has 2 heterocycles. The summed E-state index contributed by atoms with van der Waals surface area (Å²) in [5, 5.41) is 3.61. The van der Waals surface area contributed by atoms with E-state index in [1.165, 1.54) is 17.1 Å². The van der Waals surface area contributed by atoms with Crippen molar-refractivity contribution in [2.75, 3.05) is 4.72 Å². The maximum Gasteiger partial charge on any atom is 0.265 e. The Balaban J connectivity index is 2.40. The van der Waals surface area contributed by atoms with Crippen LogP contribution in [-0.2, 0) is 17.1 Å². The number of nitrogens with one attached hydrogen (secondary N) is 1. The Morgan fingerprint density at radius 3 is 2.39 bits per heavy atom. The van der Waals surface area contributed by atoms with Crippen LogP contribution in [0.1, 0.15) is 0 Å². The molecule has 0 radical (unpaired) electrons. The molecule has 0 aromatic carbocycles. The number of rotatable bonds is 3. The third-order valence-electron chi connectivity index (χ3n) is 1.98. The summed E-state index contributed by atoms with van der Waals surface area (Å²) in [5.74, 6) is 0. The zero-order chi connectivity index (χ0) is 13.3. The smallest absolute Gasteiger partial charge is 0.265 e. The molecule has 96 valence electrons. The second-order valence-corrected chi connectivity index (χ2v) is 5.68. The Morgan fingerprint density at radius 1 is 1.28 bits per heavy atom. The second kappa shape index (κ2) is 4.71. The van der Waals surface area contributed by atoms with Crippen LogP contribution in [0, 0.1) is 0 Å². The molecule has 0 aliphatic rings. The van der Waals surface area contributed by atoms with Crippen LogP contribution in [0.4, 0.5) is 5.69 Å². The summed E-state index contributed by atoms with van der Waals surface area (Å²) < 4.78 is 27.5. The van der Waals surface area contributed by atoms with Crippen LogP contribution in [-0.4, -0.2) is 28.2 Å². The predicted molar refractivity (Wildman–Crippen MR) is 66.1 cm³/mol. The van der Waals surface area contributed by atoms with Crippen molar-refractivity contribution in [2.45, 2.75) is 4.90 Å². The van der Waals surface area contributed by atoms with Gasteiger partial charge in [0.15, 0.2) is 10.3 Å². The van der Waals surface area contributed by atoms with Crippen molar-refractivity contribution in [2.24, 2.45) is 7.05 Å². The van der Waals surface area contributed by atoms with Gasteiger partial charge in [0, 0.05) is 13.2 Å². The fourth-order valence-electron chi connectivity index (χ4n) is 1.16. The van der Waals surface area contributed by atoms with Crippen molar-refractivity contribution in [3.8, 4) is 0 Å². The van der Waals surface area contributed by atoms with Gasteiger partial charge < -0.3 is 0 Å². The predicted octanol–water partition coefficient (Wildman–Crippen LogP) is 1.32. The summed E-state index contributed by atoms with van der Waals surface area (Å²) in [6, 6.07) is 0. The van der Waals surface area contributed by atoms with Gasteiger partial charge in [0.2, 0.25) is 0 Å². The van der Waals surface area contributed by atoms with Crippen molar-refractivity contribution in [3.05, 3.63) is 29.0 Å². The minimum Gasteiger partial charge on any atom is -0.274 e. The van der Waals surface area contributed by atoms with Gasteiger partial charge >= 0.3 is 0 Å². The molecule has 0 aliphatic carbocycles. The first-order valence-corrected chi connectivity index (χ1v) is 6.81. The van der Waals surface area contributed by atoms with E-state index >= 15 is 0 Å². The molecule has 18 heavy (non-hydrogen) atoms. The Labute approximate surface area is 113 Å². The molecule has 0 saturated heterocycles. The molecule has 10 heteroatoms. The molecular formula is C8H7Cl2N5O2S. The van der Waals surface area contributed by atoms with Gasteiger partial charge in [0.25, 0.3) is 10.0 Å². The minimum absolute atomic E-state index is 0.0130. The third kappa shape index (κ3) is 2.55. The standard InChI is InChI=1S/C8H7Cl2N5O2S/c1-15-3-5(2-13-15)18(16,17)14-6-7(9)11-4-12-8(6)10/h2-4,14H,1H3. The van der Waals surface area contributed by atoms with Crippen LogP contribution in [0.15, 0.2) is 23.6 Å². The summed E-state index contributed by atoms with van der Waals surface area (Å²) in [7, 11) is -2.22. The summed E-state index contributed by atoms with van der Waals surface area (Å²) >= 11 is 11.5. The Hall–Kier alpha value is -1.38. The number of hydrogen-bond donors (Lipinski definition) is 1. The summed E-state index contributed by atoms with van der Waals surface area (Å²) in [6.45, 7) is 0. The van der Waals surface area contributed by atoms with Crippen molar-refractivity contribution >= 4 is 38.9 Å². The van der Waals surface area contributed by atoms with E-state index in [1.807, 2.05) is 0 Å². The maximum atomic E-state index is 12.0. The zero-order valence-corrected chi connectivity index (χ0v) is 11.3. The highest BCUT2D eigenvalue weighted by Gasteiger charge is 2.20. The maximum absolute atomic E-state index is 12.0. The molecule has 1 N–H and O–H groups in total. The summed E-state index contributed by atoms with van der Waals surface area (Å²) in [6.07, 6.45) is 3.68. The molecule has 0 fully saturated rings. The van der Waals surface area contributed by atoms with Gasteiger partial charge in [0.05, 0.1) is 6.20 Å². The number of anilines is 1. The van der Waals surface area contributed by atoms with Gasteiger partial charge in [-0.1, -0.05) is 23.2 Å². The molecule has 0 bridgehead atoms. The highest BCUT2D eigenvalue weighted by molar-refractivity contribution is 7.92. The summed E-state index contributed by atoms with van der Waals surface area (Å²) in [4.78, 5) is 7.28. The Kier molecular flexibility index (Phi) is 3.42. The van der Waals surface area contributed by atoms with Gasteiger partial charge in [-0.3, -0.25) is 9.40 Å². The van der Waals surface area contributed by atoms with E-state index in [1.54, 1.807) is 7.05 Å². The molecule has 0 spiro atoms. The number of aromatic nitrogens is 4. The second-order valence-electron chi connectivity index (χ2n) is 3.29. The van der Waals surface area contributed by atoms with E-state index in [0.717, 1.165) is 6.33 Å². The number of sulfonamides is 1. The molecule has 0 amide bonds. The van der Waals surface area contributed by atoms with Gasteiger partial charge in [-0.15, -0.1) is 0 Å². The van der Waals surface area contributed by atoms with E-state index in [0.29, 0.717) is 0 Å². The van der Waals surface area contributed by atoms with Crippen LogP contribution in [0.25, 0.3) is 0 Å². The van der Waals surface area contributed by atoms with E-state index in [2.05, 4.69) is 19.8 Å². The lowest BCUT2D eigenvalue weighted by molar-refractivity contribution is 0.601. The van der Waals surface area contributed by atoms with E-state index < -0.39 is 10.0 Å². The summed E-state index contributed by atoms with van der Waals surface area (Å²) in [5.41, 5.74) is -0.0651. The molecule has 2 aromatic heterocycles. The van der Waals surface area contributed by atoms with Gasteiger partial charge in [0.1, 0.15) is 16.9 Å². The average molecular weight is 308 g/mol. The quantitative estimate of drug-likeness (QED) is 0.864. The first-order valence-electron chi connectivity index (χ1n) is 4.57. The highest BCUT2D eigenvalue weighted by atomic mass is 35.5. The molecular weight excluding hydrogens is 301 g/mol.